The fourth-order valence-corrected chi connectivity index (χ4v) is 1.42. The average molecular weight is 185 g/mol. The largest absolute Gasteiger partial charge is 0.563 e. The molecule has 1 rings (SSSR count). The Hall–Kier alpha value is -0.905. The van der Waals surface area contributed by atoms with E-state index in [4.69, 9.17) is 15.8 Å². The van der Waals surface area contributed by atoms with Gasteiger partial charge in [0, 0.05) is 4.78 Å². The minimum atomic E-state index is -1.24. The Balaban J connectivity index is 2.81. The van der Waals surface area contributed by atoms with Crippen LogP contribution >= 0.6 is 11.3 Å². The molecule has 0 aliphatic rings. The summed E-state index contributed by atoms with van der Waals surface area (Å²) in [5.74, 6) is 0. The molecule has 0 aliphatic heterocycles. The third-order valence-corrected chi connectivity index (χ3v) is 2.17. The van der Waals surface area contributed by atoms with Crippen molar-refractivity contribution >= 4 is 23.2 Å². The molecule has 62 valence electrons. The highest BCUT2D eigenvalue weighted by Gasteiger charge is 2.24. The molecule has 0 saturated carbocycles. The van der Waals surface area contributed by atoms with Gasteiger partial charge in [0.15, 0.2) is 0 Å². The van der Waals surface area contributed by atoms with Gasteiger partial charge < -0.3 is 0 Å². The molecule has 5 nitrogen and oxygen atoms in total. The number of nitriles is 1. The second-order valence-electron chi connectivity index (χ2n) is 1.86. The van der Waals surface area contributed by atoms with Crippen LogP contribution in [0.5, 0.6) is 0 Å². The van der Waals surface area contributed by atoms with Gasteiger partial charge in [-0.3, -0.25) is 20.1 Å². The average Bonchev–Trinajstić information content (AvgIpc) is 2.55. The van der Waals surface area contributed by atoms with E-state index in [1.54, 1.807) is 0 Å². The molecule has 12 heavy (non-hydrogen) atoms. The van der Waals surface area contributed by atoms with Gasteiger partial charge in [0.25, 0.3) is 0 Å². The first kappa shape index (κ1) is 9.19. The number of hydrogen-bond acceptors (Lipinski definition) is 6. The van der Waals surface area contributed by atoms with Gasteiger partial charge >= 0.3 is 7.12 Å². The molecule has 0 aromatic carbocycles. The van der Waals surface area contributed by atoms with Crippen molar-refractivity contribution in [1.29, 1.82) is 5.26 Å². The highest BCUT2D eigenvalue weighted by Crippen LogP contribution is 2.06. The summed E-state index contributed by atoms with van der Waals surface area (Å²) in [7, 11) is -1.24. The molecule has 0 atom stereocenters. The molecular weight excluding hydrogens is 181 g/mol. The lowest BCUT2D eigenvalue weighted by Crippen LogP contribution is -2.32. The van der Waals surface area contributed by atoms with Crippen LogP contribution in [0.4, 0.5) is 0 Å². The fraction of sp³-hybridized carbons (Fsp3) is 0. The minimum Gasteiger partial charge on any atom is -0.264 e. The van der Waals surface area contributed by atoms with E-state index in [9.17, 15) is 0 Å². The van der Waals surface area contributed by atoms with E-state index in [-0.39, 0.29) is 0 Å². The van der Waals surface area contributed by atoms with Crippen LogP contribution in [0.3, 0.4) is 0 Å². The molecule has 0 aliphatic carbocycles. The Morgan fingerprint density at radius 1 is 1.42 bits per heavy atom. The second kappa shape index (κ2) is 4.20. The van der Waals surface area contributed by atoms with Crippen LogP contribution in [0.25, 0.3) is 0 Å². The lowest BCUT2D eigenvalue weighted by molar-refractivity contribution is -0.221. The van der Waals surface area contributed by atoms with E-state index in [1.165, 1.54) is 12.1 Å². The molecule has 0 saturated heterocycles. The molecule has 0 amide bonds. The van der Waals surface area contributed by atoms with Crippen LogP contribution in [-0.2, 0) is 9.61 Å². The van der Waals surface area contributed by atoms with Crippen molar-refractivity contribution in [2.45, 2.75) is 0 Å². The van der Waals surface area contributed by atoms with Crippen molar-refractivity contribution in [2.75, 3.05) is 0 Å². The first-order valence-corrected chi connectivity index (χ1v) is 3.73. The Labute approximate surface area is 72.4 Å². The van der Waals surface area contributed by atoms with Gasteiger partial charge in [-0.1, -0.05) is 6.07 Å². The molecule has 7 heteroatoms. The number of nitrogens with zero attached hydrogens (tertiary/aromatic N) is 1. The summed E-state index contributed by atoms with van der Waals surface area (Å²) < 4.78 is 0.413. The van der Waals surface area contributed by atoms with Gasteiger partial charge in [-0.05, 0) is 6.07 Å². The van der Waals surface area contributed by atoms with Crippen molar-refractivity contribution in [2.24, 2.45) is 0 Å². The predicted molar refractivity (Wildman–Crippen MR) is 41.8 cm³/mol. The third kappa shape index (κ3) is 1.82. The monoisotopic (exact) mass is 185 g/mol. The van der Waals surface area contributed by atoms with Crippen LogP contribution in [0, 0.1) is 11.3 Å². The van der Waals surface area contributed by atoms with Crippen molar-refractivity contribution in [3.8, 4) is 6.07 Å². The quantitative estimate of drug-likeness (QED) is 0.401. The lowest BCUT2D eigenvalue weighted by atomic mass is 9.89. The zero-order valence-electron chi connectivity index (χ0n) is 5.80. The topological polar surface area (TPSA) is 82.7 Å². The summed E-state index contributed by atoms with van der Waals surface area (Å²) in [6.45, 7) is 0. The Morgan fingerprint density at radius 2 is 2.08 bits per heavy atom. The molecule has 2 N–H and O–H groups in total. The van der Waals surface area contributed by atoms with E-state index in [2.05, 4.69) is 9.61 Å². The molecule has 0 radical (unpaired) electrons. The molecule has 1 heterocycles. The van der Waals surface area contributed by atoms with E-state index < -0.39 is 7.12 Å². The number of hydrogen-bond donors (Lipinski definition) is 2. The summed E-state index contributed by atoms with van der Waals surface area (Å²) in [5, 5.41) is 24.8. The smallest absolute Gasteiger partial charge is 0.264 e. The maximum Gasteiger partial charge on any atom is 0.563 e. The van der Waals surface area contributed by atoms with Gasteiger partial charge in [0.05, 0.1) is 0 Å². The van der Waals surface area contributed by atoms with Gasteiger partial charge in [0.2, 0.25) is 0 Å². The maximum atomic E-state index is 8.43. The van der Waals surface area contributed by atoms with Crippen LogP contribution in [-0.4, -0.2) is 17.6 Å². The van der Waals surface area contributed by atoms with Gasteiger partial charge in [-0.2, -0.15) is 5.26 Å². The Bertz CT molecular complexity index is 292. The SMILES string of the molecule is N#Cc1ccc(B(OO)OO)s1. The lowest BCUT2D eigenvalue weighted by Gasteiger charge is -1.99. The summed E-state index contributed by atoms with van der Waals surface area (Å²) in [4.78, 5) is 7.99. The first-order chi connectivity index (χ1) is 5.81. The normalized spacial score (nSPS) is 9.42. The zero-order chi connectivity index (χ0) is 8.97. The number of rotatable bonds is 3. The highest BCUT2D eigenvalue weighted by molar-refractivity contribution is 7.22. The molecule has 0 unspecified atom stereocenters. The van der Waals surface area contributed by atoms with Crippen molar-refractivity contribution < 1.29 is 20.1 Å². The third-order valence-electron chi connectivity index (χ3n) is 1.16. The molecule has 1 aromatic heterocycles. The molecule has 0 spiro atoms. The first-order valence-electron chi connectivity index (χ1n) is 2.92. The summed E-state index contributed by atoms with van der Waals surface area (Å²) >= 11 is 1.06. The molecule has 0 fully saturated rings. The van der Waals surface area contributed by atoms with Crippen LogP contribution < -0.4 is 4.78 Å². The van der Waals surface area contributed by atoms with E-state index in [0.717, 1.165) is 11.3 Å². The summed E-state index contributed by atoms with van der Waals surface area (Å²) in [6.07, 6.45) is 0. The summed E-state index contributed by atoms with van der Waals surface area (Å²) in [6, 6.07) is 4.94. The van der Waals surface area contributed by atoms with Gasteiger partial charge in [-0.15, -0.1) is 11.3 Å². The second-order valence-corrected chi connectivity index (χ2v) is 2.97. The van der Waals surface area contributed by atoms with Crippen LogP contribution in [0.1, 0.15) is 4.88 Å². The van der Waals surface area contributed by atoms with E-state index in [1.807, 2.05) is 6.07 Å². The van der Waals surface area contributed by atoms with Crippen molar-refractivity contribution in [3.05, 3.63) is 17.0 Å². The molecular formula is C5H4BNO4S. The van der Waals surface area contributed by atoms with Gasteiger partial charge in [-0.25, -0.2) is 0 Å². The Kier molecular flexibility index (Phi) is 3.22. The minimum absolute atomic E-state index is 0.413. The molecule has 1 aromatic rings. The fourth-order valence-electron chi connectivity index (χ4n) is 0.663. The molecule has 0 bridgehead atoms. The predicted octanol–water partition coefficient (Wildman–Crippen LogP) is 0.294. The van der Waals surface area contributed by atoms with Crippen molar-refractivity contribution in [1.82, 2.24) is 0 Å². The highest BCUT2D eigenvalue weighted by atomic mass is 32.1. The van der Waals surface area contributed by atoms with Crippen LogP contribution in [0.15, 0.2) is 12.1 Å². The van der Waals surface area contributed by atoms with Gasteiger partial charge in [0.1, 0.15) is 10.9 Å². The Morgan fingerprint density at radius 3 is 2.50 bits per heavy atom. The zero-order valence-corrected chi connectivity index (χ0v) is 6.61. The van der Waals surface area contributed by atoms with Crippen molar-refractivity contribution in [3.63, 3.8) is 0 Å². The number of thiophene rings is 1. The maximum absolute atomic E-state index is 8.43. The van der Waals surface area contributed by atoms with Crippen LogP contribution in [0.2, 0.25) is 0 Å². The standard InChI is InChI=1S/C5H4BNO4S/c7-3-4-1-2-5(12-4)6(10-8)11-9/h1-2,8-9H. The van der Waals surface area contributed by atoms with E-state index >= 15 is 0 Å². The summed E-state index contributed by atoms with van der Waals surface area (Å²) in [5.41, 5.74) is 0. The van der Waals surface area contributed by atoms with E-state index in [0.29, 0.717) is 9.65 Å².